The second-order valence-corrected chi connectivity index (χ2v) is 10.7. The summed E-state index contributed by atoms with van der Waals surface area (Å²) in [5.41, 5.74) is 1.01. The van der Waals surface area contributed by atoms with Gasteiger partial charge in [0.2, 0.25) is 0 Å². The molecule has 0 saturated heterocycles. The van der Waals surface area contributed by atoms with E-state index in [2.05, 4.69) is 27.5 Å². The first-order valence-electron chi connectivity index (χ1n) is 10.8. The number of anilines is 1. The predicted molar refractivity (Wildman–Crippen MR) is 118 cm³/mol. The molecule has 2 aliphatic carbocycles. The summed E-state index contributed by atoms with van der Waals surface area (Å²) >= 11 is 1.84. The van der Waals surface area contributed by atoms with Crippen LogP contribution in [0.3, 0.4) is 0 Å². The van der Waals surface area contributed by atoms with Crippen LogP contribution in [0.1, 0.15) is 70.2 Å². The van der Waals surface area contributed by atoms with E-state index in [-0.39, 0.29) is 12.1 Å². The molecule has 6 nitrogen and oxygen atoms in total. The predicted octanol–water partition coefficient (Wildman–Crippen LogP) is 5.06. The van der Waals surface area contributed by atoms with Gasteiger partial charge in [-0.3, -0.25) is 0 Å². The van der Waals surface area contributed by atoms with Crippen molar-refractivity contribution in [3.8, 4) is 0 Å². The molecule has 0 spiro atoms. The van der Waals surface area contributed by atoms with E-state index in [9.17, 15) is 4.79 Å². The van der Waals surface area contributed by atoms with Gasteiger partial charge in [0.1, 0.15) is 22.6 Å². The maximum atomic E-state index is 12.0. The topological polar surface area (TPSA) is 76.1 Å². The Hall–Kier alpha value is -1.89. The third-order valence-corrected chi connectivity index (χ3v) is 7.08. The standard InChI is InChI=1S/C22H32N4O2S/c1-13-5-10-17-16(11-13)18-19(23-12-24-20(18)29-17)25-14-6-8-15(9-7-14)26-21(27)28-22(2,3)4/h12-15H,5-11H2,1-4H3,(H,26,27)(H,23,24,25). The number of hydrogen-bond donors (Lipinski definition) is 2. The number of aryl methyl sites for hydroxylation is 1. The SMILES string of the molecule is CC1CCc2sc3ncnc(NC4CCC(NC(=O)OC(C)(C)C)CC4)c3c2C1. The number of nitrogens with one attached hydrogen (secondary N) is 2. The first-order valence-corrected chi connectivity index (χ1v) is 11.6. The van der Waals surface area contributed by atoms with Crippen LogP contribution in [0.15, 0.2) is 6.33 Å². The highest BCUT2D eigenvalue weighted by Gasteiger charge is 2.27. The summed E-state index contributed by atoms with van der Waals surface area (Å²) in [7, 11) is 0. The number of amides is 1. The second kappa shape index (κ2) is 8.09. The van der Waals surface area contributed by atoms with Crippen molar-refractivity contribution in [1.82, 2.24) is 15.3 Å². The first-order chi connectivity index (χ1) is 13.8. The minimum Gasteiger partial charge on any atom is -0.444 e. The molecule has 0 aromatic carbocycles. The molecule has 0 bridgehead atoms. The maximum Gasteiger partial charge on any atom is 0.407 e. The lowest BCUT2D eigenvalue weighted by Crippen LogP contribution is -2.42. The summed E-state index contributed by atoms with van der Waals surface area (Å²) in [6.45, 7) is 8.00. The fourth-order valence-corrected chi connectivity index (χ4v) is 5.63. The summed E-state index contributed by atoms with van der Waals surface area (Å²) < 4.78 is 5.38. The minimum absolute atomic E-state index is 0.183. The van der Waals surface area contributed by atoms with Gasteiger partial charge in [-0.25, -0.2) is 14.8 Å². The van der Waals surface area contributed by atoms with E-state index in [0.29, 0.717) is 6.04 Å². The van der Waals surface area contributed by atoms with Gasteiger partial charge in [0, 0.05) is 17.0 Å². The quantitative estimate of drug-likeness (QED) is 0.731. The Kier molecular flexibility index (Phi) is 5.69. The number of carbonyl (C=O) groups excluding carboxylic acids is 1. The van der Waals surface area contributed by atoms with Crippen LogP contribution in [0.5, 0.6) is 0 Å². The Labute approximate surface area is 176 Å². The molecule has 2 aliphatic rings. The number of hydrogen-bond acceptors (Lipinski definition) is 6. The lowest BCUT2D eigenvalue weighted by atomic mass is 9.88. The first kappa shape index (κ1) is 20.4. The van der Waals surface area contributed by atoms with Crippen LogP contribution >= 0.6 is 11.3 Å². The molecule has 7 heteroatoms. The van der Waals surface area contributed by atoms with Gasteiger partial charge in [0.25, 0.3) is 0 Å². The van der Waals surface area contributed by atoms with Crippen molar-refractivity contribution in [3.05, 3.63) is 16.8 Å². The van der Waals surface area contributed by atoms with E-state index in [1.54, 1.807) is 6.33 Å². The van der Waals surface area contributed by atoms with Gasteiger partial charge in [-0.05, 0) is 77.2 Å². The summed E-state index contributed by atoms with van der Waals surface area (Å²) in [5, 5.41) is 7.96. The number of ether oxygens (including phenoxy) is 1. The Morgan fingerprint density at radius 2 is 1.86 bits per heavy atom. The van der Waals surface area contributed by atoms with Crippen molar-refractivity contribution in [2.75, 3.05) is 5.32 Å². The lowest BCUT2D eigenvalue weighted by Gasteiger charge is -2.31. The van der Waals surface area contributed by atoms with Crippen LogP contribution in [0.2, 0.25) is 0 Å². The molecule has 0 aliphatic heterocycles. The molecule has 29 heavy (non-hydrogen) atoms. The summed E-state index contributed by atoms with van der Waals surface area (Å²) in [5.74, 6) is 1.72. The fourth-order valence-electron chi connectivity index (χ4n) is 4.44. The van der Waals surface area contributed by atoms with Crippen molar-refractivity contribution < 1.29 is 9.53 Å². The number of alkyl carbamates (subject to hydrolysis) is 1. The minimum atomic E-state index is -0.460. The zero-order chi connectivity index (χ0) is 20.6. The van der Waals surface area contributed by atoms with Gasteiger partial charge in [-0.15, -0.1) is 11.3 Å². The van der Waals surface area contributed by atoms with Gasteiger partial charge >= 0.3 is 6.09 Å². The lowest BCUT2D eigenvalue weighted by molar-refractivity contribution is 0.0492. The number of nitrogens with zero attached hydrogens (tertiary/aromatic N) is 2. The number of thiophene rings is 1. The van der Waals surface area contributed by atoms with Gasteiger partial charge < -0.3 is 15.4 Å². The molecular weight excluding hydrogens is 384 g/mol. The molecule has 1 unspecified atom stereocenters. The molecule has 2 heterocycles. The zero-order valence-corrected chi connectivity index (χ0v) is 18.7. The molecule has 2 aromatic heterocycles. The Bertz CT molecular complexity index is 881. The highest BCUT2D eigenvalue weighted by atomic mass is 32.1. The fraction of sp³-hybridized carbons (Fsp3) is 0.682. The van der Waals surface area contributed by atoms with Gasteiger partial charge in [-0.1, -0.05) is 6.92 Å². The number of carbonyl (C=O) groups is 1. The number of rotatable bonds is 3. The summed E-state index contributed by atoms with van der Waals surface area (Å²) in [6.07, 6.45) is 8.85. The van der Waals surface area contributed by atoms with E-state index in [0.717, 1.165) is 48.7 Å². The van der Waals surface area contributed by atoms with Crippen LogP contribution in [-0.2, 0) is 17.6 Å². The third kappa shape index (κ3) is 4.82. The van der Waals surface area contributed by atoms with Crippen molar-refractivity contribution in [1.29, 1.82) is 0 Å². The van der Waals surface area contributed by atoms with E-state index < -0.39 is 5.60 Å². The van der Waals surface area contributed by atoms with Crippen molar-refractivity contribution >= 4 is 33.5 Å². The average Bonchev–Trinajstić information content (AvgIpc) is 3.00. The van der Waals surface area contributed by atoms with E-state index in [1.165, 1.54) is 28.7 Å². The zero-order valence-electron chi connectivity index (χ0n) is 17.9. The molecule has 0 radical (unpaired) electrons. The molecular formula is C22H32N4O2S. The van der Waals surface area contributed by atoms with Crippen molar-refractivity contribution in [2.45, 2.75) is 90.3 Å². The number of aromatic nitrogens is 2. The van der Waals surface area contributed by atoms with Gasteiger partial charge in [0.05, 0.1) is 5.39 Å². The van der Waals surface area contributed by atoms with E-state index in [1.807, 2.05) is 32.1 Å². The molecule has 1 amide bonds. The Morgan fingerprint density at radius 3 is 2.59 bits per heavy atom. The third-order valence-electron chi connectivity index (χ3n) is 5.88. The molecule has 1 saturated carbocycles. The summed E-state index contributed by atoms with van der Waals surface area (Å²) in [6, 6.07) is 0.560. The second-order valence-electron chi connectivity index (χ2n) is 9.59. The summed E-state index contributed by atoms with van der Waals surface area (Å²) in [4.78, 5) is 23.8. The van der Waals surface area contributed by atoms with Crippen LogP contribution in [0, 0.1) is 5.92 Å². The van der Waals surface area contributed by atoms with Crippen LogP contribution in [0.4, 0.5) is 10.6 Å². The average molecular weight is 417 g/mol. The Morgan fingerprint density at radius 1 is 1.14 bits per heavy atom. The van der Waals surface area contributed by atoms with Gasteiger partial charge in [-0.2, -0.15) is 0 Å². The number of fused-ring (bicyclic) bond motifs is 3. The highest BCUT2D eigenvalue weighted by molar-refractivity contribution is 7.19. The molecule has 1 atom stereocenters. The molecule has 4 rings (SSSR count). The van der Waals surface area contributed by atoms with Gasteiger partial charge in [0.15, 0.2) is 0 Å². The molecule has 2 N–H and O–H groups in total. The normalized spacial score (nSPS) is 24.8. The highest BCUT2D eigenvalue weighted by Crippen LogP contribution is 2.40. The smallest absolute Gasteiger partial charge is 0.407 e. The van der Waals surface area contributed by atoms with E-state index >= 15 is 0 Å². The molecule has 2 aromatic rings. The van der Waals surface area contributed by atoms with Crippen LogP contribution < -0.4 is 10.6 Å². The van der Waals surface area contributed by atoms with Crippen LogP contribution in [-0.4, -0.2) is 33.7 Å². The maximum absolute atomic E-state index is 12.0. The van der Waals surface area contributed by atoms with Crippen molar-refractivity contribution in [2.24, 2.45) is 5.92 Å². The Balaban J connectivity index is 1.39. The van der Waals surface area contributed by atoms with Crippen molar-refractivity contribution in [3.63, 3.8) is 0 Å². The van der Waals surface area contributed by atoms with Crippen LogP contribution in [0.25, 0.3) is 10.2 Å². The van der Waals surface area contributed by atoms with E-state index in [4.69, 9.17) is 4.74 Å². The monoisotopic (exact) mass is 416 g/mol. The molecule has 158 valence electrons. The molecule has 1 fully saturated rings. The largest absolute Gasteiger partial charge is 0.444 e.